The fraction of sp³-hybridized carbons (Fsp3) is 0.633. The van der Waals surface area contributed by atoms with Crippen LogP contribution < -0.4 is 0 Å². The van der Waals surface area contributed by atoms with Crippen molar-refractivity contribution in [1.82, 2.24) is 0 Å². The maximum absolute atomic E-state index is 10.7. The first kappa shape index (κ1) is 45.4. The van der Waals surface area contributed by atoms with Crippen LogP contribution in [0.2, 0.25) is 0 Å². The summed E-state index contributed by atoms with van der Waals surface area (Å²) >= 11 is 0. The molecule has 0 aliphatic heterocycles. The third-order valence-corrected chi connectivity index (χ3v) is 12.4. The summed E-state index contributed by atoms with van der Waals surface area (Å²) in [4.78, 5) is 20.1. The third-order valence-electron chi connectivity index (χ3n) is 12.4. The van der Waals surface area contributed by atoms with Crippen molar-refractivity contribution in [3.05, 3.63) is 84.0 Å². The lowest BCUT2D eigenvalue weighted by molar-refractivity contribution is -0.130. The zero-order chi connectivity index (χ0) is 39.1. The molecule has 3 aliphatic carbocycles. The molecule has 5 unspecified atom stereocenters. The van der Waals surface area contributed by atoms with E-state index in [0.29, 0.717) is 31.2 Å². The molecule has 3 aliphatic rings. The molecule has 0 bridgehead atoms. The lowest BCUT2D eigenvalue weighted by Gasteiger charge is -2.45. The van der Waals surface area contributed by atoms with Crippen LogP contribution in [0.3, 0.4) is 0 Å². The molecular weight excluding hydrogens is 669 g/mol. The van der Waals surface area contributed by atoms with Gasteiger partial charge >= 0.3 is 0 Å². The van der Waals surface area contributed by atoms with Crippen molar-refractivity contribution >= 4 is 12.8 Å². The standard InChI is InChI=1S/C41H60O3.C4H8O.C4H6O/c1-3-4-5-6-31-9-16-36(17-10-31)37-18-11-32(12-19-37)7-8-34-15-22-41-27-40(24-23-39(41)26-34)38-20-13-33(14-21-38)25-35(28-43-2)29-44-30-42;2*1-4(2)3-5/h9-12,16-19,30,33-35,38-41H,3-8,13-15,20-29H2,1-2H3;5H,1,3H2,2H3;3H,1H2,2H3. The number of benzene rings is 2. The number of hydrogen-bond acceptors (Lipinski definition) is 5. The van der Waals surface area contributed by atoms with Crippen LogP contribution in [-0.4, -0.2) is 44.8 Å². The number of ether oxygens (including phenoxy) is 2. The molecule has 5 atom stereocenters. The number of carbonyl (C=O) groups is 2. The monoisotopic (exact) mass is 743 g/mol. The summed E-state index contributed by atoms with van der Waals surface area (Å²) < 4.78 is 10.5. The van der Waals surface area contributed by atoms with Crippen molar-refractivity contribution in [3.63, 3.8) is 0 Å². The molecule has 3 fully saturated rings. The lowest BCUT2D eigenvalue weighted by atomic mass is 9.60. The Morgan fingerprint density at radius 3 is 1.76 bits per heavy atom. The molecule has 5 nitrogen and oxygen atoms in total. The van der Waals surface area contributed by atoms with E-state index < -0.39 is 0 Å². The summed E-state index contributed by atoms with van der Waals surface area (Å²) in [6.45, 7) is 14.3. The van der Waals surface area contributed by atoms with Crippen molar-refractivity contribution in [3.8, 4) is 11.1 Å². The first-order valence-electron chi connectivity index (χ1n) is 21.3. The number of methoxy groups -OCH3 is 1. The van der Waals surface area contributed by atoms with E-state index >= 15 is 0 Å². The van der Waals surface area contributed by atoms with Crippen LogP contribution >= 0.6 is 0 Å². The van der Waals surface area contributed by atoms with Gasteiger partial charge in [-0.2, -0.15) is 0 Å². The molecule has 0 saturated heterocycles. The van der Waals surface area contributed by atoms with Gasteiger partial charge in [-0.25, -0.2) is 0 Å². The predicted molar refractivity (Wildman–Crippen MR) is 225 cm³/mol. The van der Waals surface area contributed by atoms with Crippen molar-refractivity contribution in [2.24, 2.45) is 41.4 Å². The van der Waals surface area contributed by atoms with Crippen LogP contribution in [0.15, 0.2) is 72.8 Å². The van der Waals surface area contributed by atoms with Crippen LogP contribution in [0.1, 0.15) is 128 Å². The number of aldehydes is 1. The highest BCUT2D eigenvalue weighted by atomic mass is 16.5. The molecule has 2 aromatic rings. The summed E-state index contributed by atoms with van der Waals surface area (Å²) in [7, 11) is 1.75. The second-order valence-corrected chi connectivity index (χ2v) is 17.0. The van der Waals surface area contributed by atoms with E-state index in [9.17, 15) is 9.59 Å². The molecule has 5 rings (SSSR count). The number of rotatable bonds is 18. The number of aryl methyl sites for hydroxylation is 2. The van der Waals surface area contributed by atoms with Gasteiger partial charge in [0.05, 0.1) is 19.8 Å². The summed E-state index contributed by atoms with van der Waals surface area (Å²) in [6.07, 6.45) is 24.0. The number of aliphatic hydroxyl groups excluding tert-OH is 1. The summed E-state index contributed by atoms with van der Waals surface area (Å²) in [5.74, 6) is 5.94. The lowest BCUT2D eigenvalue weighted by Crippen LogP contribution is -2.35. The van der Waals surface area contributed by atoms with E-state index in [4.69, 9.17) is 14.6 Å². The van der Waals surface area contributed by atoms with Gasteiger partial charge in [0.1, 0.15) is 6.29 Å². The zero-order valence-electron chi connectivity index (χ0n) is 34.5. The minimum absolute atomic E-state index is 0.111. The molecule has 0 radical (unpaired) electrons. The fourth-order valence-electron chi connectivity index (χ4n) is 9.35. The van der Waals surface area contributed by atoms with Crippen LogP contribution in [0.4, 0.5) is 0 Å². The van der Waals surface area contributed by atoms with Gasteiger partial charge in [0.25, 0.3) is 6.47 Å². The number of allylic oxidation sites excluding steroid dienone is 1. The molecular formula is C49H74O5. The minimum Gasteiger partial charge on any atom is -0.468 e. The number of hydrogen-bond donors (Lipinski definition) is 1. The van der Waals surface area contributed by atoms with E-state index in [1.807, 2.05) is 0 Å². The van der Waals surface area contributed by atoms with Gasteiger partial charge in [0.15, 0.2) is 0 Å². The maximum Gasteiger partial charge on any atom is 0.293 e. The highest BCUT2D eigenvalue weighted by Gasteiger charge is 2.38. The van der Waals surface area contributed by atoms with Crippen molar-refractivity contribution in [1.29, 1.82) is 0 Å². The normalized spacial score (nSPS) is 23.9. The number of unbranched alkanes of at least 4 members (excludes halogenated alkanes) is 2. The second-order valence-electron chi connectivity index (χ2n) is 17.0. The highest BCUT2D eigenvalue weighted by Crippen LogP contribution is 2.50. The number of fused-ring (bicyclic) bond motifs is 1. The average molecular weight is 743 g/mol. The van der Waals surface area contributed by atoms with Crippen LogP contribution in [0, 0.1) is 41.4 Å². The van der Waals surface area contributed by atoms with E-state index in [-0.39, 0.29) is 6.61 Å². The fourth-order valence-corrected chi connectivity index (χ4v) is 9.35. The summed E-state index contributed by atoms with van der Waals surface area (Å²) in [5.41, 5.74) is 7.05. The molecule has 0 heterocycles. The van der Waals surface area contributed by atoms with Crippen molar-refractivity contribution in [2.75, 3.05) is 26.9 Å². The quantitative estimate of drug-likeness (QED) is 0.0712. The molecule has 3 saturated carbocycles. The average Bonchev–Trinajstić information content (AvgIpc) is 3.20. The van der Waals surface area contributed by atoms with Gasteiger partial charge in [0.2, 0.25) is 0 Å². The van der Waals surface area contributed by atoms with Crippen LogP contribution in [0.25, 0.3) is 11.1 Å². The molecule has 300 valence electrons. The van der Waals surface area contributed by atoms with Crippen LogP contribution in [0.5, 0.6) is 0 Å². The van der Waals surface area contributed by atoms with Crippen LogP contribution in [-0.2, 0) is 31.9 Å². The van der Waals surface area contributed by atoms with E-state index in [2.05, 4.69) is 68.6 Å². The Labute approximate surface area is 329 Å². The highest BCUT2D eigenvalue weighted by molar-refractivity contribution is 5.70. The maximum atomic E-state index is 10.7. The Bertz CT molecular complexity index is 1340. The first-order chi connectivity index (χ1) is 26.2. The molecule has 0 spiro atoms. The smallest absolute Gasteiger partial charge is 0.293 e. The Morgan fingerprint density at radius 2 is 1.24 bits per heavy atom. The zero-order valence-corrected chi connectivity index (χ0v) is 34.5. The second kappa shape index (κ2) is 25.9. The molecule has 0 amide bonds. The minimum atomic E-state index is 0.111. The molecule has 2 aromatic carbocycles. The van der Waals surface area contributed by atoms with Crippen molar-refractivity contribution in [2.45, 2.75) is 130 Å². The third kappa shape index (κ3) is 16.8. The molecule has 54 heavy (non-hydrogen) atoms. The van der Waals surface area contributed by atoms with Gasteiger partial charge < -0.3 is 14.6 Å². The van der Waals surface area contributed by atoms with E-state index in [0.717, 1.165) is 53.8 Å². The topological polar surface area (TPSA) is 72.8 Å². The Balaban J connectivity index is 0.000000695. The van der Waals surface area contributed by atoms with Gasteiger partial charge in [-0.15, -0.1) is 0 Å². The number of aliphatic hydroxyl groups is 1. The SMILES string of the molecule is C=C(C)C=O.C=C(C)CO.CCCCCc1ccc(-c2ccc(CCC3CCC4CC(C5CCC(CC(COC)COC=O)CC5)CCC4C3)cc2)cc1. The Morgan fingerprint density at radius 1 is 0.741 bits per heavy atom. The Kier molecular flexibility index (Phi) is 21.8. The molecule has 5 heteroatoms. The van der Waals surface area contributed by atoms with Gasteiger partial charge in [-0.1, -0.05) is 106 Å². The summed E-state index contributed by atoms with van der Waals surface area (Å²) in [5, 5.41) is 8.04. The van der Waals surface area contributed by atoms with Gasteiger partial charge in [0, 0.05) is 13.0 Å². The Hall–Kier alpha value is -3.02. The van der Waals surface area contributed by atoms with Gasteiger partial charge in [-0.05, 0) is 154 Å². The predicted octanol–water partition coefficient (Wildman–Crippen LogP) is 11.8. The van der Waals surface area contributed by atoms with E-state index in [1.54, 1.807) is 21.0 Å². The van der Waals surface area contributed by atoms with E-state index in [1.165, 1.54) is 125 Å². The largest absolute Gasteiger partial charge is 0.468 e. The summed E-state index contributed by atoms with van der Waals surface area (Å²) in [6, 6.07) is 18.7. The van der Waals surface area contributed by atoms with Crippen molar-refractivity contribution < 1.29 is 24.2 Å². The molecule has 0 aromatic heterocycles. The van der Waals surface area contributed by atoms with Gasteiger partial charge in [-0.3, -0.25) is 9.59 Å². The molecule has 1 N–H and O–H groups in total. The first-order valence-corrected chi connectivity index (χ1v) is 21.3. The number of carbonyl (C=O) groups excluding carboxylic acids is 2.